The predicted molar refractivity (Wildman–Crippen MR) is 111 cm³/mol. The molecule has 0 radical (unpaired) electrons. The van der Waals surface area contributed by atoms with E-state index < -0.39 is 35.1 Å². The van der Waals surface area contributed by atoms with E-state index in [1.165, 1.54) is 50.2 Å². The molecule has 0 aliphatic heterocycles. The summed E-state index contributed by atoms with van der Waals surface area (Å²) in [4.78, 5) is 24.3. The minimum atomic E-state index is -5.34. The second-order valence-corrected chi connectivity index (χ2v) is 8.30. The minimum Gasteiger partial charge on any atom is -0.506 e. The van der Waals surface area contributed by atoms with E-state index >= 15 is 0 Å². The first-order valence-electron chi connectivity index (χ1n) is 9.23. The second-order valence-electron chi connectivity index (χ2n) is 7.93. The fourth-order valence-corrected chi connectivity index (χ4v) is 3.82. The molecule has 32 heavy (non-hydrogen) atoms. The molecular weight excluding hydrogens is 453 g/mol. The molecule has 1 atom stereocenters. The highest BCUT2D eigenvalue weighted by Gasteiger charge is 2.61. The minimum absolute atomic E-state index is 0.0919. The zero-order valence-corrected chi connectivity index (χ0v) is 17.6. The molecular formula is C21H18ClF3N2O5. The Bertz CT molecular complexity index is 1240. The lowest BCUT2D eigenvalue weighted by atomic mass is 9.74. The van der Waals surface area contributed by atoms with Gasteiger partial charge in [0.15, 0.2) is 0 Å². The van der Waals surface area contributed by atoms with E-state index in [0.29, 0.717) is 0 Å². The van der Waals surface area contributed by atoms with Crippen molar-refractivity contribution < 1.29 is 32.7 Å². The van der Waals surface area contributed by atoms with Gasteiger partial charge in [0.05, 0.1) is 16.6 Å². The Morgan fingerprint density at radius 1 is 1.22 bits per heavy atom. The molecule has 1 unspecified atom stereocenters. The van der Waals surface area contributed by atoms with Gasteiger partial charge in [-0.2, -0.15) is 13.2 Å². The van der Waals surface area contributed by atoms with Crippen molar-refractivity contribution in [3.8, 4) is 5.75 Å². The summed E-state index contributed by atoms with van der Waals surface area (Å²) >= 11 is 6.05. The Labute approximate surface area is 184 Å². The Morgan fingerprint density at radius 3 is 2.56 bits per heavy atom. The summed E-state index contributed by atoms with van der Waals surface area (Å²) in [5.74, 6) is -2.06. The van der Waals surface area contributed by atoms with E-state index in [0.717, 1.165) is 6.20 Å². The first-order chi connectivity index (χ1) is 14.8. The van der Waals surface area contributed by atoms with Crippen molar-refractivity contribution in [2.24, 2.45) is 0 Å². The zero-order valence-electron chi connectivity index (χ0n) is 16.8. The van der Waals surface area contributed by atoms with Gasteiger partial charge in [-0.05, 0) is 35.2 Å². The highest BCUT2D eigenvalue weighted by molar-refractivity contribution is 6.32. The van der Waals surface area contributed by atoms with Crippen molar-refractivity contribution in [3.63, 3.8) is 0 Å². The van der Waals surface area contributed by atoms with Crippen LogP contribution >= 0.6 is 11.6 Å². The van der Waals surface area contributed by atoms with Gasteiger partial charge in [-0.15, -0.1) is 0 Å². The number of rotatable bonds is 5. The van der Waals surface area contributed by atoms with Gasteiger partial charge in [-0.1, -0.05) is 42.7 Å². The number of carbonyl (C=O) groups is 1. The van der Waals surface area contributed by atoms with Crippen LogP contribution in [0.5, 0.6) is 5.75 Å². The average Bonchev–Trinajstić information content (AvgIpc) is 2.68. The largest absolute Gasteiger partial charge is 0.506 e. The van der Waals surface area contributed by atoms with Crippen molar-refractivity contribution >= 4 is 34.0 Å². The molecule has 3 aromatic rings. The number of anilines is 1. The SMILES string of the molecule is CC(C)(CC(O)(C(=O)Nc1ccc2c(=O)oncc2c1)C(F)(F)F)c1cccc(O)c1Cl. The van der Waals surface area contributed by atoms with Crippen LogP contribution in [0, 0.1) is 0 Å². The number of halogens is 4. The van der Waals surface area contributed by atoms with Crippen molar-refractivity contribution in [2.45, 2.75) is 37.5 Å². The normalized spacial score (nSPS) is 14.2. The van der Waals surface area contributed by atoms with Crippen molar-refractivity contribution in [1.29, 1.82) is 0 Å². The number of hydrogen-bond acceptors (Lipinski definition) is 6. The second kappa shape index (κ2) is 8.10. The summed E-state index contributed by atoms with van der Waals surface area (Å²) in [7, 11) is 0. The maximum atomic E-state index is 13.9. The molecule has 11 heteroatoms. The number of amides is 1. The highest BCUT2D eigenvalue weighted by atomic mass is 35.5. The average molecular weight is 471 g/mol. The number of hydrogen-bond donors (Lipinski definition) is 3. The van der Waals surface area contributed by atoms with Crippen LogP contribution < -0.4 is 10.9 Å². The number of aromatic nitrogens is 1. The van der Waals surface area contributed by atoms with Crippen LogP contribution in [0.4, 0.5) is 18.9 Å². The summed E-state index contributed by atoms with van der Waals surface area (Å²) in [6.07, 6.45) is -5.26. The lowest BCUT2D eigenvalue weighted by molar-refractivity contribution is -0.254. The Morgan fingerprint density at radius 2 is 1.91 bits per heavy atom. The van der Waals surface area contributed by atoms with Gasteiger partial charge in [-0.25, -0.2) is 4.79 Å². The van der Waals surface area contributed by atoms with Crippen LogP contribution in [0.2, 0.25) is 5.02 Å². The molecule has 170 valence electrons. The number of phenols is 1. The maximum absolute atomic E-state index is 13.9. The Balaban J connectivity index is 1.97. The first kappa shape index (κ1) is 23.6. The van der Waals surface area contributed by atoms with Crippen LogP contribution in [-0.4, -0.2) is 33.1 Å². The number of aliphatic hydroxyl groups is 1. The number of benzene rings is 2. The molecule has 2 aromatic carbocycles. The monoisotopic (exact) mass is 470 g/mol. The maximum Gasteiger partial charge on any atom is 0.426 e. The number of nitrogens with one attached hydrogen (secondary N) is 1. The molecule has 7 nitrogen and oxygen atoms in total. The molecule has 1 heterocycles. The van der Waals surface area contributed by atoms with Gasteiger partial charge in [-0.3, -0.25) is 4.79 Å². The first-order valence-corrected chi connectivity index (χ1v) is 9.61. The van der Waals surface area contributed by atoms with Crippen LogP contribution in [0.3, 0.4) is 0 Å². The molecule has 0 saturated heterocycles. The van der Waals surface area contributed by atoms with Gasteiger partial charge >= 0.3 is 11.8 Å². The summed E-state index contributed by atoms with van der Waals surface area (Å²) in [5, 5.41) is 25.9. The molecule has 3 rings (SSSR count). The molecule has 0 fully saturated rings. The quantitative estimate of drug-likeness (QED) is 0.516. The molecule has 0 spiro atoms. The number of carbonyl (C=O) groups excluding carboxylic acids is 1. The summed E-state index contributed by atoms with van der Waals surface area (Å²) < 4.78 is 46.3. The lowest BCUT2D eigenvalue weighted by Crippen LogP contribution is -2.57. The smallest absolute Gasteiger partial charge is 0.426 e. The van der Waals surface area contributed by atoms with Gasteiger partial charge in [0.2, 0.25) is 5.60 Å². The van der Waals surface area contributed by atoms with Crippen molar-refractivity contribution in [2.75, 3.05) is 5.32 Å². The Kier molecular flexibility index (Phi) is 5.96. The van der Waals surface area contributed by atoms with Crippen LogP contribution in [0.25, 0.3) is 10.8 Å². The van der Waals surface area contributed by atoms with E-state index in [9.17, 15) is 33.0 Å². The fourth-order valence-electron chi connectivity index (χ4n) is 3.43. The third-order valence-corrected chi connectivity index (χ3v) is 5.50. The highest BCUT2D eigenvalue weighted by Crippen LogP contribution is 2.44. The number of nitrogens with zero attached hydrogens (tertiary/aromatic N) is 1. The summed E-state index contributed by atoms with van der Waals surface area (Å²) in [5.41, 5.74) is -5.99. The van der Waals surface area contributed by atoms with Crippen molar-refractivity contribution in [1.82, 2.24) is 5.16 Å². The number of aromatic hydroxyl groups is 1. The summed E-state index contributed by atoms with van der Waals surface area (Å²) in [6, 6.07) is 7.74. The molecule has 1 aromatic heterocycles. The van der Waals surface area contributed by atoms with E-state index in [2.05, 4.69) is 9.68 Å². The van der Waals surface area contributed by atoms with Gasteiger partial charge in [0, 0.05) is 17.5 Å². The predicted octanol–water partition coefficient (Wildman–Crippen LogP) is 4.15. The Hall–Kier alpha value is -3.11. The third-order valence-electron chi connectivity index (χ3n) is 5.11. The molecule has 0 aliphatic rings. The van der Waals surface area contributed by atoms with Crippen LogP contribution in [0.15, 0.2) is 51.9 Å². The lowest BCUT2D eigenvalue weighted by Gasteiger charge is -2.37. The molecule has 0 bridgehead atoms. The van der Waals surface area contributed by atoms with Crippen LogP contribution in [0.1, 0.15) is 25.8 Å². The van der Waals surface area contributed by atoms with Crippen LogP contribution in [-0.2, 0) is 10.2 Å². The number of phenolic OH excluding ortho intramolecular Hbond substituents is 1. The van der Waals surface area contributed by atoms with Crippen molar-refractivity contribution in [3.05, 3.63) is 63.6 Å². The van der Waals surface area contributed by atoms with Gasteiger partial charge in [0.1, 0.15) is 5.75 Å². The van der Waals surface area contributed by atoms with E-state index in [-0.39, 0.29) is 32.8 Å². The number of fused-ring (bicyclic) bond motifs is 1. The number of alkyl halides is 3. The molecule has 1 amide bonds. The molecule has 0 saturated carbocycles. The van der Waals surface area contributed by atoms with Gasteiger partial charge < -0.3 is 20.1 Å². The molecule has 0 aliphatic carbocycles. The topological polar surface area (TPSA) is 113 Å². The molecule has 3 N–H and O–H groups in total. The van der Waals surface area contributed by atoms with E-state index in [4.69, 9.17) is 11.6 Å². The third kappa shape index (κ3) is 4.28. The van der Waals surface area contributed by atoms with Gasteiger partial charge in [0.25, 0.3) is 5.91 Å². The summed E-state index contributed by atoms with van der Waals surface area (Å²) in [6.45, 7) is 2.72. The van der Waals surface area contributed by atoms with E-state index in [1.54, 1.807) is 0 Å². The standard InChI is InChI=1S/C21H18ClF3N2O5/c1-19(2,14-4-3-5-15(28)16(14)22)10-20(31,21(23,24)25)18(30)27-12-6-7-13-11(8-12)9-26-32-17(13)29/h3-9,28,31H,10H2,1-2H3,(H,27,30). The van der Waals surface area contributed by atoms with E-state index in [1.807, 2.05) is 5.32 Å². The fraction of sp³-hybridized carbons (Fsp3) is 0.286. The zero-order chi connectivity index (χ0) is 23.9.